The van der Waals surface area contributed by atoms with E-state index in [2.05, 4.69) is 52.1 Å². The van der Waals surface area contributed by atoms with Crippen LogP contribution in [0, 0.1) is 6.92 Å². The molecule has 2 aromatic rings. The number of rotatable bonds is 7. The number of benzene rings is 2. The van der Waals surface area contributed by atoms with E-state index in [1.165, 1.54) is 18.1 Å². The van der Waals surface area contributed by atoms with Crippen molar-refractivity contribution in [3.63, 3.8) is 0 Å². The third kappa shape index (κ3) is 6.66. The Morgan fingerprint density at radius 2 is 1.78 bits per heavy atom. The van der Waals surface area contributed by atoms with Gasteiger partial charge in [0.2, 0.25) is 5.91 Å². The van der Waals surface area contributed by atoms with Crippen LogP contribution in [0.1, 0.15) is 30.5 Å². The van der Waals surface area contributed by atoms with Gasteiger partial charge < -0.3 is 20.7 Å². The fraction of sp³-hybridized carbons (Fsp3) is 0.333. The van der Waals surface area contributed by atoms with Gasteiger partial charge >= 0.3 is 0 Å². The molecule has 0 saturated heterocycles. The minimum atomic E-state index is -0.137. The number of methoxy groups -OCH3 is 1. The minimum Gasteiger partial charge on any atom is -0.495 e. The van der Waals surface area contributed by atoms with Gasteiger partial charge in [-0.15, -0.1) is 0 Å². The highest BCUT2D eigenvalue weighted by Gasteiger charge is 2.06. The highest BCUT2D eigenvalue weighted by molar-refractivity contribution is 5.90. The summed E-state index contributed by atoms with van der Waals surface area (Å²) >= 11 is 0. The van der Waals surface area contributed by atoms with Crippen molar-refractivity contribution < 1.29 is 9.53 Å². The lowest BCUT2D eigenvalue weighted by Gasteiger charge is -2.13. The topological polar surface area (TPSA) is 74.8 Å². The van der Waals surface area contributed by atoms with Crippen molar-refractivity contribution in [3.8, 4) is 5.75 Å². The van der Waals surface area contributed by atoms with Crippen LogP contribution in [-0.2, 0) is 17.9 Å². The second kappa shape index (κ2) is 10.2. The van der Waals surface area contributed by atoms with E-state index in [0.717, 1.165) is 18.1 Å². The zero-order valence-electron chi connectivity index (χ0n) is 16.4. The first kappa shape index (κ1) is 20.3. The molecule has 0 radical (unpaired) electrons. The first-order chi connectivity index (χ1) is 13.0. The predicted molar refractivity (Wildman–Crippen MR) is 110 cm³/mol. The van der Waals surface area contributed by atoms with E-state index in [1.54, 1.807) is 7.11 Å². The molecule has 144 valence electrons. The molecule has 0 unspecified atom stereocenters. The van der Waals surface area contributed by atoms with Gasteiger partial charge in [-0.3, -0.25) is 4.79 Å². The molecule has 0 bridgehead atoms. The van der Waals surface area contributed by atoms with Gasteiger partial charge in [-0.1, -0.05) is 35.9 Å². The van der Waals surface area contributed by atoms with Crippen LogP contribution < -0.4 is 20.7 Å². The number of hydrogen-bond donors (Lipinski definition) is 3. The Hall–Kier alpha value is -3.02. The lowest BCUT2D eigenvalue weighted by atomic mass is 10.1. The van der Waals surface area contributed by atoms with Crippen LogP contribution in [0.4, 0.5) is 5.69 Å². The molecule has 0 aliphatic rings. The number of aliphatic imine (C=N–C) groups is 1. The summed E-state index contributed by atoms with van der Waals surface area (Å²) in [7, 11) is 1.58. The molecule has 1 amide bonds. The van der Waals surface area contributed by atoms with Crippen LogP contribution in [-0.4, -0.2) is 25.5 Å². The van der Waals surface area contributed by atoms with Gasteiger partial charge in [-0.05, 0) is 37.1 Å². The quantitative estimate of drug-likeness (QED) is 0.518. The van der Waals surface area contributed by atoms with Crippen LogP contribution in [0.15, 0.2) is 47.5 Å². The third-order valence-electron chi connectivity index (χ3n) is 3.92. The number of amides is 1. The molecule has 0 aliphatic heterocycles. The molecule has 2 rings (SSSR count). The molecule has 0 spiro atoms. The normalized spacial score (nSPS) is 11.0. The molecular formula is C21H28N4O2. The second-order valence-electron chi connectivity index (χ2n) is 6.25. The number of ether oxygens (including phenoxy) is 1. The van der Waals surface area contributed by atoms with Gasteiger partial charge in [-0.25, -0.2) is 4.99 Å². The summed E-state index contributed by atoms with van der Waals surface area (Å²) in [6.45, 7) is 7.55. The Balaban J connectivity index is 2.06. The van der Waals surface area contributed by atoms with E-state index >= 15 is 0 Å². The predicted octanol–water partition coefficient (Wildman–Crippen LogP) is 3.22. The van der Waals surface area contributed by atoms with Crippen molar-refractivity contribution >= 4 is 17.6 Å². The summed E-state index contributed by atoms with van der Waals surface area (Å²) in [5, 5.41) is 9.37. The number of nitrogens with one attached hydrogen (secondary N) is 3. The van der Waals surface area contributed by atoms with E-state index < -0.39 is 0 Å². The lowest BCUT2D eigenvalue weighted by molar-refractivity contribution is -0.114. The minimum absolute atomic E-state index is 0.137. The van der Waals surface area contributed by atoms with Gasteiger partial charge in [0.05, 0.1) is 19.3 Å². The summed E-state index contributed by atoms with van der Waals surface area (Å²) in [4.78, 5) is 16.0. The Morgan fingerprint density at radius 3 is 2.41 bits per heavy atom. The standard InChI is InChI=1S/C21H28N4O2/c1-5-22-21(23-13-17-8-6-15(2)7-9-17)24-14-18-10-11-20(27-4)19(12-18)25-16(3)26/h6-12H,5,13-14H2,1-4H3,(H,25,26)(H2,22,23,24). The smallest absolute Gasteiger partial charge is 0.221 e. The van der Waals surface area contributed by atoms with Crippen molar-refractivity contribution in [2.75, 3.05) is 19.0 Å². The highest BCUT2D eigenvalue weighted by atomic mass is 16.5. The summed E-state index contributed by atoms with van der Waals surface area (Å²) in [5.74, 6) is 1.24. The van der Waals surface area contributed by atoms with E-state index in [1.807, 2.05) is 25.1 Å². The fourth-order valence-corrected chi connectivity index (χ4v) is 2.54. The molecule has 2 aromatic carbocycles. The SMILES string of the molecule is CCNC(=NCc1ccc(OC)c(NC(C)=O)c1)NCc1ccc(C)cc1. The monoisotopic (exact) mass is 368 g/mol. The number of carbonyl (C=O) groups excluding carboxylic acids is 1. The van der Waals surface area contributed by atoms with Crippen molar-refractivity contribution in [3.05, 3.63) is 59.2 Å². The van der Waals surface area contributed by atoms with Gasteiger partial charge in [0, 0.05) is 20.0 Å². The third-order valence-corrected chi connectivity index (χ3v) is 3.92. The van der Waals surface area contributed by atoms with E-state index in [9.17, 15) is 4.79 Å². The maximum absolute atomic E-state index is 11.4. The molecule has 0 aliphatic carbocycles. The van der Waals surface area contributed by atoms with Crippen LogP contribution in [0.25, 0.3) is 0 Å². The van der Waals surface area contributed by atoms with Gasteiger partial charge in [-0.2, -0.15) is 0 Å². The molecule has 0 fully saturated rings. The molecule has 3 N–H and O–H groups in total. The maximum atomic E-state index is 11.4. The average molecular weight is 368 g/mol. The number of carbonyl (C=O) groups is 1. The molecule has 0 aromatic heterocycles. The first-order valence-corrected chi connectivity index (χ1v) is 9.04. The summed E-state index contributed by atoms with van der Waals surface area (Å²) in [6.07, 6.45) is 0. The Labute approximate surface area is 161 Å². The molecule has 6 nitrogen and oxygen atoms in total. The van der Waals surface area contributed by atoms with Crippen molar-refractivity contribution in [2.24, 2.45) is 4.99 Å². The zero-order chi connectivity index (χ0) is 19.6. The number of guanidine groups is 1. The molecule has 0 atom stereocenters. The average Bonchev–Trinajstić information content (AvgIpc) is 2.65. The van der Waals surface area contributed by atoms with Crippen molar-refractivity contribution in [2.45, 2.75) is 33.9 Å². The van der Waals surface area contributed by atoms with Crippen molar-refractivity contribution in [1.82, 2.24) is 10.6 Å². The van der Waals surface area contributed by atoms with E-state index in [0.29, 0.717) is 24.5 Å². The molecule has 0 heterocycles. The van der Waals surface area contributed by atoms with Crippen LogP contribution >= 0.6 is 0 Å². The second-order valence-corrected chi connectivity index (χ2v) is 6.25. The summed E-state index contributed by atoms with van der Waals surface area (Å²) in [5.41, 5.74) is 4.07. The number of hydrogen-bond acceptors (Lipinski definition) is 3. The summed E-state index contributed by atoms with van der Waals surface area (Å²) in [6, 6.07) is 14.1. The molecule has 0 saturated carbocycles. The van der Waals surface area contributed by atoms with Gasteiger partial charge in [0.15, 0.2) is 5.96 Å². The number of aryl methyl sites for hydroxylation is 1. The van der Waals surface area contributed by atoms with Gasteiger partial charge in [0.1, 0.15) is 5.75 Å². The Kier molecular flexibility index (Phi) is 7.67. The van der Waals surface area contributed by atoms with Crippen molar-refractivity contribution in [1.29, 1.82) is 0 Å². The maximum Gasteiger partial charge on any atom is 0.221 e. The first-order valence-electron chi connectivity index (χ1n) is 9.04. The zero-order valence-corrected chi connectivity index (χ0v) is 16.4. The fourth-order valence-electron chi connectivity index (χ4n) is 2.54. The summed E-state index contributed by atoms with van der Waals surface area (Å²) < 4.78 is 5.29. The lowest BCUT2D eigenvalue weighted by Crippen LogP contribution is -2.36. The molecule has 6 heteroatoms. The Bertz CT molecular complexity index is 785. The van der Waals surface area contributed by atoms with E-state index in [-0.39, 0.29) is 5.91 Å². The van der Waals surface area contributed by atoms with Crippen LogP contribution in [0.5, 0.6) is 5.75 Å². The molecule has 27 heavy (non-hydrogen) atoms. The van der Waals surface area contributed by atoms with Crippen LogP contribution in [0.2, 0.25) is 0 Å². The van der Waals surface area contributed by atoms with E-state index in [4.69, 9.17) is 4.74 Å². The largest absolute Gasteiger partial charge is 0.495 e. The Morgan fingerprint density at radius 1 is 1.07 bits per heavy atom. The molecular weight excluding hydrogens is 340 g/mol. The highest BCUT2D eigenvalue weighted by Crippen LogP contribution is 2.25. The van der Waals surface area contributed by atoms with Crippen LogP contribution in [0.3, 0.4) is 0 Å². The number of anilines is 1. The number of nitrogens with zero attached hydrogens (tertiary/aromatic N) is 1. The van der Waals surface area contributed by atoms with Gasteiger partial charge in [0.25, 0.3) is 0 Å².